The first-order chi connectivity index (χ1) is 21.6. The van der Waals surface area contributed by atoms with Crippen LogP contribution in [0.2, 0.25) is 0 Å². The van der Waals surface area contributed by atoms with Gasteiger partial charge >= 0.3 is 5.97 Å². The van der Waals surface area contributed by atoms with Crippen molar-refractivity contribution >= 4 is 59.0 Å². The summed E-state index contributed by atoms with van der Waals surface area (Å²) < 4.78 is 0. The number of primary amides is 2. The van der Waals surface area contributed by atoms with Gasteiger partial charge in [0.1, 0.15) is 24.5 Å². The third kappa shape index (κ3) is 15.0. The highest BCUT2D eigenvalue weighted by Crippen LogP contribution is 2.17. The number of aliphatic imine (C=N–C) groups is 2. The number of benzene rings is 1. The van der Waals surface area contributed by atoms with Crippen molar-refractivity contribution < 1.29 is 38.7 Å². The van der Waals surface area contributed by atoms with Crippen molar-refractivity contribution in [1.82, 2.24) is 16.0 Å². The SMILES string of the molecule is NC(=O)C(CC(=O)O)NC(=O)CC(=O)NC(CCCN=C(N)N)C(=O)Nc1ccccc1C(=O)NC(CCCN=C(N)N)C(N)=O. The molecule has 1 aromatic rings. The smallest absolute Gasteiger partial charge is 0.305 e. The van der Waals surface area contributed by atoms with Gasteiger partial charge in [0.25, 0.3) is 5.91 Å². The van der Waals surface area contributed by atoms with Crippen LogP contribution in [0.5, 0.6) is 0 Å². The molecule has 20 heteroatoms. The van der Waals surface area contributed by atoms with Crippen molar-refractivity contribution in [3.05, 3.63) is 29.8 Å². The zero-order valence-electron chi connectivity index (χ0n) is 24.9. The van der Waals surface area contributed by atoms with E-state index in [1.54, 1.807) is 0 Å². The maximum absolute atomic E-state index is 13.3. The normalized spacial score (nSPS) is 12.3. The molecule has 0 aliphatic rings. The van der Waals surface area contributed by atoms with Crippen molar-refractivity contribution in [3.63, 3.8) is 0 Å². The third-order valence-corrected chi connectivity index (χ3v) is 6.00. The van der Waals surface area contributed by atoms with Crippen LogP contribution in [-0.2, 0) is 28.8 Å². The van der Waals surface area contributed by atoms with Gasteiger partial charge in [0.2, 0.25) is 29.5 Å². The Morgan fingerprint density at radius 1 is 0.696 bits per heavy atom. The van der Waals surface area contributed by atoms with E-state index in [-0.39, 0.29) is 55.5 Å². The molecule has 252 valence electrons. The van der Waals surface area contributed by atoms with Gasteiger partial charge in [-0.05, 0) is 37.8 Å². The Bertz CT molecular complexity index is 1340. The number of carboxylic acids is 1. The number of nitrogens with two attached hydrogens (primary N) is 6. The molecule has 17 N–H and O–H groups in total. The fourth-order valence-electron chi connectivity index (χ4n) is 3.84. The van der Waals surface area contributed by atoms with Gasteiger partial charge in [-0.15, -0.1) is 0 Å². The molecule has 6 amide bonds. The number of carbonyl (C=O) groups is 7. The lowest BCUT2D eigenvalue weighted by atomic mass is 10.1. The summed E-state index contributed by atoms with van der Waals surface area (Å²) in [5.41, 5.74) is 31.7. The monoisotopic (exact) mass is 648 g/mol. The van der Waals surface area contributed by atoms with Crippen molar-refractivity contribution in [1.29, 1.82) is 0 Å². The number of guanidine groups is 2. The molecule has 3 atom stereocenters. The Hall–Kier alpha value is -5.95. The summed E-state index contributed by atoms with van der Waals surface area (Å²) in [5, 5.41) is 18.4. The van der Waals surface area contributed by atoms with Gasteiger partial charge in [0.15, 0.2) is 11.9 Å². The van der Waals surface area contributed by atoms with E-state index in [0.717, 1.165) is 0 Å². The van der Waals surface area contributed by atoms with Gasteiger partial charge in [0, 0.05) is 13.1 Å². The highest BCUT2D eigenvalue weighted by Gasteiger charge is 2.26. The van der Waals surface area contributed by atoms with Gasteiger partial charge < -0.3 is 60.8 Å². The Morgan fingerprint density at radius 3 is 1.70 bits per heavy atom. The summed E-state index contributed by atoms with van der Waals surface area (Å²) >= 11 is 0. The molecule has 0 saturated heterocycles. The number of anilines is 1. The first kappa shape index (κ1) is 38.1. The number of nitrogens with zero attached hydrogens (tertiary/aromatic N) is 2. The molecular formula is C26H40N12O8. The minimum atomic E-state index is -1.56. The second-order valence-electron chi connectivity index (χ2n) is 9.78. The zero-order valence-corrected chi connectivity index (χ0v) is 24.9. The van der Waals surface area contributed by atoms with Crippen LogP contribution >= 0.6 is 0 Å². The summed E-state index contributed by atoms with van der Waals surface area (Å²) in [6.45, 7) is 0.287. The standard InChI is InChI=1S/C26H40N12O8/c27-21(43)15(7-3-9-33-25(29)30)38-23(45)13-5-1-2-6-14(13)37-24(46)16(8-4-10-34-26(31)32)35-18(39)12-19(40)36-17(22(28)44)11-20(41)42/h1-2,5-6,15-17H,3-4,7-12H2,(H2,27,43)(H2,28,44)(H,35,39)(H,36,40)(H,37,46)(H,38,45)(H,41,42)(H4,29,30,33)(H4,31,32,34). The molecule has 0 bridgehead atoms. The first-order valence-corrected chi connectivity index (χ1v) is 13.8. The molecule has 0 aromatic heterocycles. The quantitative estimate of drug-likeness (QED) is 0.0276. The van der Waals surface area contributed by atoms with Gasteiger partial charge in [-0.25, -0.2) is 0 Å². The number of amides is 6. The van der Waals surface area contributed by atoms with E-state index in [9.17, 15) is 33.6 Å². The van der Waals surface area contributed by atoms with Crippen LogP contribution in [0.1, 0.15) is 48.9 Å². The number of hydrogen-bond acceptors (Lipinski definition) is 9. The molecule has 0 fully saturated rings. The Kier molecular flexibility index (Phi) is 16.0. The summed E-state index contributed by atoms with van der Waals surface area (Å²) in [7, 11) is 0. The highest BCUT2D eigenvalue weighted by atomic mass is 16.4. The fourth-order valence-corrected chi connectivity index (χ4v) is 3.84. The van der Waals surface area contributed by atoms with E-state index >= 15 is 0 Å². The Labute approximate surface area is 263 Å². The number of carbonyl (C=O) groups excluding carboxylic acids is 6. The molecule has 0 radical (unpaired) electrons. The van der Waals surface area contributed by atoms with E-state index in [1.807, 2.05) is 0 Å². The van der Waals surface area contributed by atoms with Gasteiger partial charge in [-0.2, -0.15) is 0 Å². The number of para-hydroxylation sites is 1. The van der Waals surface area contributed by atoms with Crippen molar-refractivity contribution in [2.24, 2.45) is 44.4 Å². The summed E-state index contributed by atoms with van der Waals surface area (Å²) in [6, 6.07) is 1.91. The largest absolute Gasteiger partial charge is 0.481 e. The number of hydrogen-bond donors (Lipinski definition) is 11. The predicted octanol–water partition coefficient (Wildman–Crippen LogP) is -4.36. The van der Waals surface area contributed by atoms with E-state index in [2.05, 4.69) is 31.3 Å². The average molecular weight is 649 g/mol. The van der Waals surface area contributed by atoms with E-state index in [4.69, 9.17) is 39.5 Å². The average Bonchev–Trinajstić information content (AvgIpc) is 2.95. The lowest BCUT2D eigenvalue weighted by molar-refractivity contribution is -0.140. The minimum absolute atomic E-state index is 0.0210. The molecule has 0 heterocycles. The van der Waals surface area contributed by atoms with Gasteiger partial charge in [0.05, 0.1) is 17.7 Å². The molecule has 1 aromatic carbocycles. The molecule has 46 heavy (non-hydrogen) atoms. The van der Waals surface area contributed by atoms with Crippen molar-refractivity contribution in [3.8, 4) is 0 Å². The van der Waals surface area contributed by atoms with Crippen LogP contribution < -0.4 is 55.7 Å². The lowest BCUT2D eigenvalue weighted by Gasteiger charge is -2.20. The predicted molar refractivity (Wildman–Crippen MR) is 165 cm³/mol. The van der Waals surface area contributed by atoms with E-state index in [0.29, 0.717) is 6.42 Å². The molecule has 1 rings (SSSR count). The van der Waals surface area contributed by atoms with Crippen molar-refractivity contribution in [2.75, 3.05) is 18.4 Å². The van der Waals surface area contributed by atoms with Crippen LogP contribution in [0.3, 0.4) is 0 Å². The number of nitrogens with one attached hydrogen (secondary N) is 4. The third-order valence-electron chi connectivity index (χ3n) is 6.00. The lowest BCUT2D eigenvalue weighted by Crippen LogP contribution is -2.49. The molecule has 0 saturated carbocycles. The molecule has 3 unspecified atom stereocenters. The van der Waals surface area contributed by atoms with Crippen LogP contribution in [0.25, 0.3) is 0 Å². The maximum atomic E-state index is 13.3. The van der Waals surface area contributed by atoms with Gasteiger partial charge in [-0.3, -0.25) is 43.5 Å². The van der Waals surface area contributed by atoms with Crippen LogP contribution in [-0.4, -0.2) is 89.7 Å². The van der Waals surface area contributed by atoms with Gasteiger partial charge in [-0.1, -0.05) is 12.1 Å². The Balaban J connectivity index is 3.07. The second-order valence-corrected chi connectivity index (χ2v) is 9.78. The molecule has 0 aliphatic heterocycles. The molecule has 20 nitrogen and oxygen atoms in total. The second kappa shape index (κ2) is 19.4. The molecular weight excluding hydrogens is 608 g/mol. The summed E-state index contributed by atoms with van der Waals surface area (Å²) in [4.78, 5) is 93.3. The van der Waals surface area contributed by atoms with E-state index < -0.39 is 72.4 Å². The zero-order chi connectivity index (χ0) is 34.8. The fraction of sp³-hybridized carbons (Fsp3) is 0.423. The number of aliphatic carboxylic acids is 1. The summed E-state index contributed by atoms with van der Waals surface area (Å²) in [5.74, 6) is -7.17. The topological polar surface area (TPSA) is 369 Å². The minimum Gasteiger partial charge on any atom is -0.481 e. The Morgan fingerprint density at radius 2 is 1.20 bits per heavy atom. The highest BCUT2D eigenvalue weighted by molar-refractivity contribution is 6.07. The number of carboxylic acid groups (broad SMARTS) is 1. The van der Waals surface area contributed by atoms with Crippen LogP contribution in [0, 0.1) is 0 Å². The van der Waals surface area contributed by atoms with E-state index in [1.165, 1.54) is 24.3 Å². The summed E-state index contributed by atoms with van der Waals surface area (Å²) in [6.07, 6.45) is -1.05. The number of rotatable bonds is 20. The first-order valence-electron chi connectivity index (χ1n) is 13.8. The van der Waals surface area contributed by atoms with Crippen LogP contribution in [0.4, 0.5) is 5.69 Å². The molecule has 0 spiro atoms. The maximum Gasteiger partial charge on any atom is 0.305 e. The van der Waals surface area contributed by atoms with Crippen molar-refractivity contribution in [2.45, 2.75) is 56.7 Å². The van der Waals surface area contributed by atoms with Crippen LogP contribution in [0.15, 0.2) is 34.3 Å². The molecule has 0 aliphatic carbocycles.